The van der Waals surface area contributed by atoms with E-state index in [4.69, 9.17) is 4.52 Å². The van der Waals surface area contributed by atoms with E-state index < -0.39 is 0 Å². The number of halogens is 1. The maximum Gasteiger partial charge on any atom is 0.170 e. The molecule has 3 nitrogen and oxygen atoms in total. The fourth-order valence-corrected chi connectivity index (χ4v) is 3.32. The average Bonchev–Trinajstić information content (AvgIpc) is 2.99. The number of aromatic nitrogens is 1. The molecule has 1 unspecified atom stereocenters. The summed E-state index contributed by atoms with van der Waals surface area (Å²) in [4.78, 5) is 0. The van der Waals surface area contributed by atoms with Crippen LogP contribution in [0.3, 0.4) is 0 Å². The summed E-state index contributed by atoms with van der Waals surface area (Å²) < 4.78 is 6.71. The van der Waals surface area contributed by atoms with E-state index in [1.54, 1.807) is 0 Å². The van der Waals surface area contributed by atoms with E-state index in [9.17, 15) is 5.11 Å². The van der Waals surface area contributed by atoms with Gasteiger partial charge in [-0.05, 0) is 37.5 Å². The fraction of sp³-hybridized carbons (Fsp3) is 0.250. The molecule has 3 rings (SSSR count). The maximum absolute atomic E-state index is 9.30. The van der Waals surface area contributed by atoms with Gasteiger partial charge in [-0.2, -0.15) is 0 Å². The minimum absolute atomic E-state index is 0.156. The van der Waals surface area contributed by atoms with Crippen LogP contribution >= 0.6 is 15.9 Å². The van der Waals surface area contributed by atoms with Gasteiger partial charge in [-0.25, -0.2) is 0 Å². The van der Waals surface area contributed by atoms with E-state index in [0.29, 0.717) is 0 Å². The van der Waals surface area contributed by atoms with Crippen LogP contribution in [0.15, 0.2) is 63.6 Å². The Morgan fingerprint density at radius 2 is 1.79 bits per heavy atom. The van der Waals surface area contributed by atoms with Crippen molar-refractivity contribution in [2.24, 2.45) is 0 Å². The van der Waals surface area contributed by atoms with Crippen LogP contribution in [0.25, 0.3) is 11.3 Å². The molecule has 0 aliphatic carbocycles. The second-order valence-electron chi connectivity index (χ2n) is 5.85. The SMILES string of the molecule is Cc1noc(-c2ccc(Br)cc2)c1C(CCCO)c1ccccc1. The van der Waals surface area contributed by atoms with Gasteiger partial charge in [-0.3, -0.25) is 0 Å². The normalized spacial score (nSPS) is 12.3. The van der Waals surface area contributed by atoms with Crippen LogP contribution in [-0.4, -0.2) is 16.9 Å². The molecule has 1 atom stereocenters. The van der Waals surface area contributed by atoms with Gasteiger partial charge in [0.25, 0.3) is 0 Å². The van der Waals surface area contributed by atoms with E-state index in [2.05, 4.69) is 33.2 Å². The van der Waals surface area contributed by atoms with Gasteiger partial charge in [-0.15, -0.1) is 0 Å². The van der Waals surface area contributed by atoms with E-state index in [1.807, 2.05) is 49.4 Å². The lowest BCUT2D eigenvalue weighted by Crippen LogP contribution is -2.04. The predicted molar refractivity (Wildman–Crippen MR) is 99.0 cm³/mol. The molecule has 0 amide bonds. The number of hydrogen-bond donors (Lipinski definition) is 1. The monoisotopic (exact) mass is 385 g/mol. The van der Waals surface area contributed by atoms with Gasteiger partial charge >= 0.3 is 0 Å². The standard InChI is InChI=1S/C20H20BrNO2/c1-14-19(18(8-5-13-23)15-6-3-2-4-7-15)20(24-22-14)16-9-11-17(21)12-10-16/h2-4,6-7,9-12,18,23H,5,8,13H2,1H3. The molecule has 0 spiro atoms. The largest absolute Gasteiger partial charge is 0.396 e. The molecular formula is C20H20BrNO2. The molecule has 124 valence electrons. The Kier molecular flexibility index (Phi) is 5.48. The molecule has 1 heterocycles. The summed E-state index contributed by atoms with van der Waals surface area (Å²) >= 11 is 3.47. The first-order valence-electron chi connectivity index (χ1n) is 8.08. The van der Waals surface area contributed by atoms with Crippen molar-refractivity contribution in [3.05, 3.63) is 75.9 Å². The molecular weight excluding hydrogens is 366 g/mol. The van der Waals surface area contributed by atoms with Crippen LogP contribution in [0.4, 0.5) is 0 Å². The Morgan fingerprint density at radius 3 is 2.46 bits per heavy atom. The molecule has 2 aromatic carbocycles. The van der Waals surface area contributed by atoms with Crippen molar-refractivity contribution >= 4 is 15.9 Å². The Bertz CT molecular complexity index is 781. The predicted octanol–water partition coefficient (Wildman–Crippen LogP) is 5.32. The third-order valence-corrected chi connectivity index (χ3v) is 4.74. The Balaban J connectivity index is 2.07. The third-order valence-electron chi connectivity index (χ3n) is 4.22. The summed E-state index contributed by atoms with van der Waals surface area (Å²) in [6.07, 6.45) is 1.59. The van der Waals surface area contributed by atoms with Crippen molar-refractivity contribution in [3.63, 3.8) is 0 Å². The number of aliphatic hydroxyl groups excluding tert-OH is 1. The van der Waals surface area contributed by atoms with Crippen LogP contribution in [0, 0.1) is 6.92 Å². The van der Waals surface area contributed by atoms with Crippen molar-refractivity contribution in [1.29, 1.82) is 0 Å². The number of benzene rings is 2. The highest BCUT2D eigenvalue weighted by atomic mass is 79.9. The third kappa shape index (κ3) is 3.60. The highest BCUT2D eigenvalue weighted by molar-refractivity contribution is 9.10. The first-order chi connectivity index (χ1) is 11.7. The molecule has 0 saturated carbocycles. The van der Waals surface area contributed by atoms with Crippen molar-refractivity contribution in [1.82, 2.24) is 5.16 Å². The molecule has 0 saturated heterocycles. The molecule has 4 heteroatoms. The zero-order valence-electron chi connectivity index (χ0n) is 13.6. The summed E-state index contributed by atoms with van der Waals surface area (Å²) in [7, 11) is 0. The number of rotatable bonds is 6. The van der Waals surface area contributed by atoms with E-state index >= 15 is 0 Å². The Hall–Kier alpha value is -1.91. The molecule has 24 heavy (non-hydrogen) atoms. The van der Waals surface area contributed by atoms with Crippen LogP contribution < -0.4 is 0 Å². The van der Waals surface area contributed by atoms with Crippen LogP contribution in [0.5, 0.6) is 0 Å². The molecule has 3 aromatic rings. The number of aliphatic hydroxyl groups is 1. The lowest BCUT2D eigenvalue weighted by molar-refractivity contribution is 0.282. The van der Waals surface area contributed by atoms with Gasteiger partial charge in [0.05, 0.1) is 5.69 Å². The molecule has 0 radical (unpaired) electrons. The first-order valence-corrected chi connectivity index (χ1v) is 8.88. The second kappa shape index (κ2) is 7.77. The summed E-state index contributed by atoms with van der Waals surface area (Å²) in [6.45, 7) is 2.16. The van der Waals surface area contributed by atoms with Crippen LogP contribution in [0.1, 0.15) is 35.6 Å². The zero-order chi connectivity index (χ0) is 16.9. The summed E-state index contributed by atoms with van der Waals surface area (Å²) in [5, 5.41) is 13.5. The molecule has 0 aliphatic rings. The van der Waals surface area contributed by atoms with Gasteiger partial charge in [0.2, 0.25) is 0 Å². The van der Waals surface area contributed by atoms with Gasteiger partial charge in [-0.1, -0.05) is 63.6 Å². The van der Waals surface area contributed by atoms with Crippen molar-refractivity contribution in [3.8, 4) is 11.3 Å². The quantitative estimate of drug-likeness (QED) is 0.624. The fourth-order valence-electron chi connectivity index (χ4n) is 3.06. The summed E-state index contributed by atoms with van der Waals surface area (Å²) in [6, 6.07) is 18.4. The summed E-state index contributed by atoms with van der Waals surface area (Å²) in [5.41, 5.74) is 4.24. The molecule has 0 bridgehead atoms. The molecule has 1 aromatic heterocycles. The smallest absolute Gasteiger partial charge is 0.170 e. The molecule has 0 aliphatic heterocycles. The van der Waals surface area contributed by atoms with Gasteiger partial charge in [0.15, 0.2) is 5.76 Å². The van der Waals surface area contributed by atoms with Crippen molar-refractivity contribution in [2.45, 2.75) is 25.7 Å². The van der Waals surface area contributed by atoms with Crippen LogP contribution in [-0.2, 0) is 0 Å². The average molecular weight is 386 g/mol. The van der Waals surface area contributed by atoms with E-state index in [1.165, 1.54) is 5.56 Å². The highest BCUT2D eigenvalue weighted by Gasteiger charge is 2.24. The highest BCUT2D eigenvalue weighted by Crippen LogP contribution is 2.38. The Labute approximate surface area is 150 Å². The Morgan fingerprint density at radius 1 is 1.08 bits per heavy atom. The van der Waals surface area contributed by atoms with Crippen molar-refractivity contribution in [2.75, 3.05) is 6.61 Å². The minimum Gasteiger partial charge on any atom is -0.396 e. The minimum atomic E-state index is 0.156. The van der Waals surface area contributed by atoms with Crippen LogP contribution in [0.2, 0.25) is 0 Å². The van der Waals surface area contributed by atoms with Gasteiger partial charge < -0.3 is 9.63 Å². The first kappa shape index (κ1) is 16.9. The molecule has 0 fully saturated rings. The van der Waals surface area contributed by atoms with E-state index in [0.717, 1.165) is 39.9 Å². The number of nitrogens with zero attached hydrogens (tertiary/aromatic N) is 1. The topological polar surface area (TPSA) is 46.3 Å². The number of hydrogen-bond acceptors (Lipinski definition) is 3. The van der Waals surface area contributed by atoms with Gasteiger partial charge in [0, 0.05) is 28.1 Å². The molecule has 1 N–H and O–H groups in total. The summed E-state index contributed by atoms with van der Waals surface area (Å²) in [5.74, 6) is 0.968. The zero-order valence-corrected chi connectivity index (χ0v) is 15.2. The maximum atomic E-state index is 9.30. The van der Waals surface area contributed by atoms with Gasteiger partial charge in [0.1, 0.15) is 0 Å². The number of aryl methyl sites for hydroxylation is 1. The lowest BCUT2D eigenvalue weighted by Gasteiger charge is -2.18. The van der Waals surface area contributed by atoms with E-state index in [-0.39, 0.29) is 12.5 Å². The van der Waals surface area contributed by atoms with Crippen molar-refractivity contribution < 1.29 is 9.63 Å². The lowest BCUT2D eigenvalue weighted by atomic mass is 9.85. The second-order valence-corrected chi connectivity index (χ2v) is 6.76.